The van der Waals surface area contributed by atoms with Crippen molar-refractivity contribution in [3.8, 4) is 0 Å². The number of rotatable bonds is 8. The second-order valence-electron chi connectivity index (χ2n) is 5.30. The Balaban J connectivity index is 2.44. The van der Waals surface area contributed by atoms with E-state index in [-0.39, 0.29) is 0 Å². The van der Waals surface area contributed by atoms with Gasteiger partial charge >= 0.3 is 0 Å². The van der Waals surface area contributed by atoms with Crippen LogP contribution in [0.3, 0.4) is 0 Å². The van der Waals surface area contributed by atoms with Gasteiger partial charge in [-0.05, 0) is 43.9 Å². The SMILES string of the molecule is CCNC(CCC(C)C)CSc1ccccc1C. The van der Waals surface area contributed by atoms with Crippen molar-refractivity contribution in [2.24, 2.45) is 5.92 Å². The molecule has 102 valence electrons. The van der Waals surface area contributed by atoms with Crippen LogP contribution in [0.4, 0.5) is 0 Å². The third-order valence-electron chi connectivity index (χ3n) is 3.12. The molecule has 0 bridgehead atoms. The van der Waals surface area contributed by atoms with E-state index in [2.05, 4.69) is 57.3 Å². The van der Waals surface area contributed by atoms with Crippen LogP contribution in [0.5, 0.6) is 0 Å². The van der Waals surface area contributed by atoms with Crippen LogP contribution in [-0.4, -0.2) is 18.3 Å². The number of nitrogens with one attached hydrogen (secondary N) is 1. The molecule has 0 aliphatic rings. The van der Waals surface area contributed by atoms with E-state index >= 15 is 0 Å². The molecule has 1 atom stereocenters. The van der Waals surface area contributed by atoms with Gasteiger partial charge in [0.15, 0.2) is 0 Å². The lowest BCUT2D eigenvalue weighted by Crippen LogP contribution is -2.31. The summed E-state index contributed by atoms with van der Waals surface area (Å²) in [6, 6.07) is 9.30. The van der Waals surface area contributed by atoms with Gasteiger partial charge in [0, 0.05) is 16.7 Å². The highest BCUT2D eigenvalue weighted by atomic mass is 32.2. The largest absolute Gasteiger partial charge is 0.313 e. The van der Waals surface area contributed by atoms with Crippen molar-refractivity contribution in [2.45, 2.75) is 51.5 Å². The maximum absolute atomic E-state index is 3.61. The van der Waals surface area contributed by atoms with Gasteiger partial charge in [-0.15, -0.1) is 11.8 Å². The first-order valence-electron chi connectivity index (χ1n) is 7.05. The van der Waals surface area contributed by atoms with Crippen LogP contribution in [0.15, 0.2) is 29.2 Å². The number of benzene rings is 1. The van der Waals surface area contributed by atoms with E-state index in [0.717, 1.165) is 12.5 Å². The maximum atomic E-state index is 3.61. The predicted octanol–water partition coefficient (Wildman–Crippen LogP) is 4.50. The molecular formula is C16H27NS. The van der Waals surface area contributed by atoms with E-state index in [1.165, 1.54) is 29.1 Å². The lowest BCUT2D eigenvalue weighted by Gasteiger charge is -2.19. The van der Waals surface area contributed by atoms with E-state index < -0.39 is 0 Å². The summed E-state index contributed by atoms with van der Waals surface area (Å²) in [7, 11) is 0. The minimum absolute atomic E-state index is 0.641. The van der Waals surface area contributed by atoms with E-state index in [1.54, 1.807) is 0 Å². The van der Waals surface area contributed by atoms with Crippen molar-refractivity contribution in [3.05, 3.63) is 29.8 Å². The van der Waals surface area contributed by atoms with Gasteiger partial charge in [-0.2, -0.15) is 0 Å². The van der Waals surface area contributed by atoms with Crippen molar-refractivity contribution in [3.63, 3.8) is 0 Å². The average molecular weight is 265 g/mol. The smallest absolute Gasteiger partial charge is 0.0161 e. The van der Waals surface area contributed by atoms with Gasteiger partial charge in [-0.1, -0.05) is 39.0 Å². The molecule has 0 amide bonds. The average Bonchev–Trinajstić information content (AvgIpc) is 2.34. The first-order chi connectivity index (χ1) is 8.63. The summed E-state index contributed by atoms with van der Waals surface area (Å²) in [5.74, 6) is 1.97. The van der Waals surface area contributed by atoms with Crippen molar-refractivity contribution in [1.82, 2.24) is 5.32 Å². The number of aryl methyl sites for hydroxylation is 1. The maximum Gasteiger partial charge on any atom is 0.0161 e. The predicted molar refractivity (Wildman–Crippen MR) is 83.4 cm³/mol. The summed E-state index contributed by atoms with van der Waals surface area (Å²) >= 11 is 1.98. The standard InChI is InChI=1S/C16H27NS/c1-5-17-15(11-10-13(2)3)12-18-16-9-7-6-8-14(16)4/h6-9,13,15,17H,5,10-12H2,1-4H3. The monoisotopic (exact) mass is 265 g/mol. The van der Waals surface area contributed by atoms with Gasteiger partial charge in [0.05, 0.1) is 0 Å². The fourth-order valence-corrected chi connectivity index (χ4v) is 3.11. The molecule has 1 nitrogen and oxygen atoms in total. The normalized spacial score (nSPS) is 12.9. The van der Waals surface area contributed by atoms with Crippen LogP contribution in [0.2, 0.25) is 0 Å². The third-order valence-corrected chi connectivity index (χ3v) is 4.46. The van der Waals surface area contributed by atoms with E-state index in [4.69, 9.17) is 0 Å². The molecule has 0 saturated heterocycles. The Morgan fingerprint density at radius 3 is 2.50 bits per heavy atom. The van der Waals surface area contributed by atoms with E-state index in [9.17, 15) is 0 Å². The first-order valence-corrected chi connectivity index (χ1v) is 8.03. The Morgan fingerprint density at radius 1 is 1.17 bits per heavy atom. The zero-order chi connectivity index (χ0) is 13.4. The number of hydrogen-bond donors (Lipinski definition) is 1. The highest BCUT2D eigenvalue weighted by molar-refractivity contribution is 7.99. The molecule has 0 heterocycles. The fourth-order valence-electron chi connectivity index (χ4n) is 1.98. The van der Waals surface area contributed by atoms with Gasteiger partial charge in [-0.3, -0.25) is 0 Å². The van der Waals surface area contributed by atoms with Crippen LogP contribution < -0.4 is 5.32 Å². The number of hydrogen-bond acceptors (Lipinski definition) is 2. The van der Waals surface area contributed by atoms with Gasteiger partial charge in [0.2, 0.25) is 0 Å². The Hall–Kier alpha value is -0.470. The molecule has 1 N–H and O–H groups in total. The highest BCUT2D eigenvalue weighted by Crippen LogP contribution is 2.23. The van der Waals surface area contributed by atoms with Crippen LogP contribution in [0.1, 0.15) is 39.2 Å². The Morgan fingerprint density at radius 2 is 1.89 bits per heavy atom. The summed E-state index contributed by atoms with van der Waals surface area (Å²) in [4.78, 5) is 1.42. The topological polar surface area (TPSA) is 12.0 Å². The van der Waals surface area contributed by atoms with Crippen LogP contribution in [0, 0.1) is 12.8 Å². The Labute approximate surface area is 117 Å². The highest BCUT2D eigenvalue weighted by Gasteiger charge is 2.09. The quantitative estimate of drug-likeness (QED) is 0.694. The molecule has 0 radical (unpaired) electrons. The molecule has 1 aromatic carbocycles. The van der Waals surface area contributed by atoms with Crippen LogP contribution >= 0.6 is 11.8 Å². The molecule has 18 heavy (non-hydrogen) atoms. The third kappa shape index (κ3) is 5.92. The number of thioether (sulfide) groups is 1. The van der Waals surface area contributed by atoms with Crippen molar-refractivity contribution >= 4 is 11.8 Å². The van der Waals surface area contributed by atoms with E-state index in [0.29, 0.717) is 6.04 Å². The second kappa shape index (κ2) is 8.60. The minimum Gasteiger partial charge on any atom is -0.313 e. The molecule has 0 spiro atoms. The van der Waals surface area contributed by atoms with Gasteiger partial charge in [-0.25, -0.2) is 0 Å². The second-order valence-corrected chi connectivity index (χ2v) is 6.36. The van der Waals surface area contributed by atoms with Crippen molar-refractivity contribution in [2.75, 3.05) is 12.3 Å². The zero-order valence-electron chi connectivity index (χ0n) is 12.2. The Kier molecular flexibility index (Phi) is 7.45. The summed E-state index contributed by atoms with van der Waals surface area (Å²) in [5.41, 5.74) is 1.39. The fraction of sp³-hybridized carbons (Fsp3) is 0.625. The van der Waals surface area contributed by atoms with Gasteiger partial charge < -0.3 is 5.32 Å². The van der Waals surface area contributed by atoms with Gasteiger partial charge in [0.25, 0.3) is 0 Å². The summed E-state index contributed by atoms with van der Waals surface area (Å²) in [6.45, 7) is 10.1. The molecule has 1 rings (SSSR count). The molecule has 1 aromatic rings. The minimum atomic E-state index is 0.641. The molecule has 0 aliphatic heterocycles. The van der Waals surface area contributed by atoms with Crippen molar-refractivity contribution in [1.29, 1.82) is 0 Å². The molecule has 1 unspecified atom stereocenters. The summed E-state index contributed by atoms with van der Waals surface area (Å²) < 4.78 is 0. The summed E-state index contributed by atoms with van der Waals surface area (Å²) in [6.07, 6.45) is 2.59. The van der Waals surface area contributed by atoms with Crippen molar-refractivity contribution < 1.29 is 0 Å². The summed E-state index contributed by atoms with van der Waals surface area (Å²) in [5, 5.41) is 3.61. The lowest BCUT2D eigenvalue weighted by atomic mass is 10.0. The molecule has 0 saturated carbocycles. The molecule has 0 aromatic heterocycles. The molecular weight excluding hydrogens is 238 g/mol. The lowest BCUT2D eigenvalue weighted by molar-refractivity contribution is 0.464. The zero-order valence-corrected chi connectivity index (χ0v) is 13.0. The molecule has 2 heteroatoms. The van der Waals surface area contributed by atoms with Gasteiger partial charge in [0.1, 0.15) is 0 Å². The first kappa shape index (κ1) is 15.6. The van der Waals surface area contributed by atoms with E-state index in [1.807, 2.05) is 11.8 Å². The van der Waals surface area contributed by atoms with Crippen LogP contribution in [0.25, 0.3) is 0 Å². The Bertz CT molecular complexity index is 336. The molecule has 0 aliphatic carbocycles. The van der Waals surface area contributed by atoms with Crippen LogP contribution in [-0.2, 0) is 0 Å². The molecule has 0 fully saturated rings.